The Balaban J connectivity index is 1.94. The summed E-state index contributed by atoms with van der Waals surface area (Å²) in [6.07, 6.45) is 5.00. The Labute approximate surface area is 126 Å². The van der Waals surface area contributed by atoms with Crippen LogP contribution in [-0.4, -0.2) is 29.3 Å². The minimum atomic E-state index is 0.366. The van der Waals surface area contributed by atoms with Gasteiger partial charge in [0.25, 0.3) is 0 Å². The van der Waals surface area contributed by atoms with Gasteiger partial charge >= 0.3 is 0 Å². The maximum Gasteiger partial charge on any atom is 0.233 e. The zero-order valence-corrected chi connectivity index (χ0v) is 11.7. The van der Waals surface area contributed by atoms with Crippen LogP contribution in [0.5, 0.6) is 0 Å². The molecule has 22 heavy (non-hydrogen) atoms. The molecule has 0 fully saturated rings. The predicted octanol–water partition coefficient (Wildman–Crippen LogP) is 1.64. The zero-order chi connectivity index (χ0) is 14.9. The lowest BCUT2D eigenvalue weighted by atomic mass is 10.2. The third kappa shape index (κ3) is 1.99. The van der Waals surface area contributed by atoms with Crippen molar-refractivity contribution >= 4 is 17.0 Å². The molecular weight excluding hydrogens is 278 g/mol. The predicted molar refractivity (Wildman–Crippen MR) is 82.4 cm³/mol. The highest BCUT2D eigenvalue weighted by atomic mass is 15.4. The first-order valence-corrected chi connectivity index (χ1v) is 6.83. The molecule has 1 aromatic carbocycles. The van der Waals surface area contributed by atoms with Gasteiger partial charge in [-0.25, -0.2) is 19.6 Å². The van der Waals surface area contributed by atoms with E-state index >= 15 is 0 Å². The van der Waals surface area contributed by atoms with Crippen LogP contribution in [0.1, 0.15) is 5.56 Å². The number of fused-ring (bicyclic) bond motifs is 1. The number of anilines is 1. The van der Waals surface area contributed by atoms with Gasteiger partial charge in [-0.3, -0.25) is 4.57 Å². The van der Waals surface area contributed by atoms with Gasteiger partial charge in [0.2, 0.25) is 5.95 Å². The van der Waals surface area contributed by atoms with E-state index in [1.165, 1.54) is 6.33 Å². The fourth-order valence-electron chi connectivity index (χ4n) is 2.42. The number of nitrogens with zero attached hydrogens (tertiary/aromatic N) is 6. The number of aromatic nitrogens is 6. The Morgan fingerprint density at radius 3 is 2.68 bits per heavy atom. The highest BCUT2D eigenvalue weighted by molar-refractivity contribution is 5.82. The van der Waals surface area contributed by atoms with E-state index in [0.717, 1.165) is 5.56 Å². The van der Waals surface area contributed by atoms with E-state index in [2.05, 4.69) is 32.2 Å². The van der Waals surface area contributed by atoms with E-state index in [-0.39, 0.29) is 0 Å². The third-order valence-electron chi connectivity index (χ3n) is 3.43. The lowest BCUT2D eigenvalue weighted by Crippen LogP contribution is -2.09. The summed E-state index contributed by atoms with van der Waals surface area (Å²) in [4.78, 5) is 12.9. The van der Waals surface area contributed by atoms with E-state index in [0.29, 0.717) is 29.5 Å². The van der Waals surface area contributed by atoms with Crippen molar-refractivity contribution in [3.8, 4) is 5.95 Å². The molecule has 3 aromatic heterocycles. The number of nitrogen functional groups attached to an aromatic ring is 1. The first-order valence-electron chi connectivity index (χ1n) is 6.83. The number of hydrogen-bond donors (Lipinski definition) is 1. The number of rotatable bonds is 3. The standard InChI is InChI=1S/C15H13N7/c16-13-12-14(18-10-17-13)21(9-11-5-2-1-3-6-11)15(20-12)22-8-4-7-19-22/h1-8,10H,9H2,(H2,16,17,18). The molecular formula is C15H13N7. The van der Waals surface area contributed by atoms with E-state index in [4.69, 9.17) is 5.73 Å². The summed E-state index contributed by atoms with van der Waals surface area (Å²) in [6.45, 7) is 0.628. The Bertz CT molecular complexity index is 910. The summed E-state index contributed by atoms with van der Waals surface area (Å²) in [5.41, 5.74) is 8.36. The molecule has 4 rings (SSSR count). The highest BCUT2D eigenvalue weighted by Crippen LogP contribution is 2.21. The molecule has 7 nitrogen and oxygen atoms in total. The van der Waals surface area contributed by atoms with Crippen molar-refractivity contribution in [1.29, 1.82) is 0 Å². The SMILES string of the molecule is Nc1ncnc2c1nc(-n1cccn1)n2Cc1ccccc1. The lowest BCUT2D eigenvalue weighted by Gasteiger charge is -2.08. The van der Waals surface area contributed by atoms with Gasteiger partial charge in [-0.15, -0.1) is 0 Å². The molecule has 0 aliphatic heterocycles. The molecule has 0 saturated heterocycles. The number of benzene rings is 1. The largest absolute Gasteiger partial charge is 0.382 e. The van der Waals surface area contributed by atoms with Crippen molar-refractivity contribution in [1.82, 2.24) is 29.3 Å². The maximum atomic E-state index is 5.93. The van der Waals surface area contributed by atoms with Crippen LogP contribution in [0, 0.1) is 0 Å². The van der Waals surface area contributed by atoms with Gasteiger partial charge in [0, 0.05) is 12.4 Å². The number of imidazole rings is 1. The summed E-state index contributed by atoms with van der Waals surface area (Å²) in [5, 5.41) is 4.26. The van der Waals surface area contributed by atoms with Crippen molar-refractivity contribution in [2.75, 3.05) is 5.73 Å². The van der Waals surface area contributed by atoms with Crippen molar-refractivity contribution in [3.63, 3.8) is 0 Å². The minimum Gasteiger partial charge on any atom is -0.382 e. The highest BCUT2D eigenvalue weighted by Gasteiger charge is 2.16. The zero-order valence-electron chi connectivity index (χ0n) is 11.7. The van der Waals surface area contributed by atoms with Crippen LogP contribution >= 0.6 is 0 Å². The van der Waals surface area contributed by atoms with Crippen LogP contribution < -0.4 is 5.73 Å². The maximum absolute atomic E-state index is 5.93. The van der Waals surface area contributed by atoms with Crippen LogP contribution in [0.3, 0.4) is 0 Å². The van der Waals surface area contributed by atoms with Gasteiger partial charge in [0.15, 0.2) is 17.0 Å². The molecule has 0 atom stereocenters. The number of hydrogen-bond acceptors (Lipinski definition) is 5. The van der Waals surface area contributed by atoms with Crippen LogP contribution in [0.15, 0.2) is 55.1 Å². The minimum absolute atomic E-state index is 0.366. The molecule has 4 aromatic rings. The average Bonchev–Trinajstić information content (AvgIpc) is 3.17. The van der Waals surface area contributed by atoms with Gasteiger partial charge in [-0.05, 0) is 11.6 Å². The first-order chi connectivity index (χ1) is 10.8. The third-order valence-corrected chi connectivity index (χ3v) is 3.43. The van der Waals surface area contributed by atoms with E-state index < -0.39 is 0 Å². The van der Waals surface area contributed by atoms with Crippen molar-refractivity contribution in [2.45, 2.75) is 6.54 Å². The molecule has 0 spiro atoms. The van der Waals surface area contributed by atoms with Crippen molar-refractivity contribution in [3.05, 3.63) is 60.7 Å². The summed E-state index contributed by atoms with van der Waals surface area (Å²) < 4.78 is 3.68. The molecule has 3 heterocycles. The molecule has 2 N–H and O–H groups in total. The van der Waals surface area contributed by atoms with Crippen LogP contribution in [0.4, 0.5) is 5.82 Å². The van der Waals surface area contributed by atoms with Gasteiger partial charge in [0.1, 0.15) is 6.33 Å². The topological polar surface area (TPSA) is 87.4 Å². The molecule has 0 aliphatic rings. The summed E-state index contributed by atoms with van der Waals surface area (Å²) >= 11 is 0. The monoisotopic (exact) mass is 291 g/mol. The molecule has 0 bridgehead atoms. The van der Waals surface area contributed by atoms with Gasteiger partial charge in [-0.2, -0.15) is 5.10 Å². The molecule has 0 unspecified atom stereocenters. The molecule has 108 valence electrons. The Morgan fingerprint density at radius 2 is 1.91 bits per heavy atom. The fourth-order valence-corrected chi connectivity index (χ4v) is 2.42. The van der Waals surface area contributed by atoms with Crippen LogP contribution in [-0.2, 0) is 6.54 Å². The van der Waals surface area contributed by atoms with Gasteiger partial charge in [-0.1, -0.05) is 30.3 Å². The second kappa shape index (κ2) is 4.96. The second-order valence-electron chi connectivity index (χ2n) is 4.87. The normalized spacial score (nSPS) is 11.1. The second-order valence-corrected chi connectivity index (χ2v) is 4.87. The fraction of sp³-hybridized carbons (Fsp3) is 0.0667. The Morgan fingerprint density at radius 1 is 1.05 bits per heavy atom. The summed E-state index contributed by atoms with van der Waals surface area (Å²) in [6, 6.07) is 12.0. The summed E-state index contributed by atoms with van der Waals surface area (Å²) in [5.74, 6) is 1.03. The van der Waals surface area contributed by atoms with Crippen molar-refractivity contribution < 1.29 is 0 Å². The van der Waals surface area contributed by atoms with E-state index in [1.807, 2.05) is 35.0 Å². The van der Waals surface area contributed by atoms with Gasteiger partial charge < -0.3 is 5.73 Å². The van der Waals surface area contributed by atoms with Crippen LogP contribution in [0.25, 0.3) is 17.1 Å². The molecule has 0 amide bonds. The Kier molecular flexibility index (Phi) is 2.82. The molecule has 7 heteroatoms. The van der Waals surface area contributed by atoms with E-state index in [9.17, 15) is 0 Å². The lowest BCUT2D eigenvalue weighted by molar-refractivity contribution is 0.715. The first kappa shape index (κ1) is 12.5. The van der Waals surface area contributed by atoms with Gasteiger partial charge in [0.05, 0.1) is 6.54 Å². The average molecular weight is 291 g/mol. The Hall–Kier alpha value is -3.22. The van der Waals surface area contributed by atoms with Crippen molar-refractivity contribution in [2.24, 2.45) is 0 Å². The molecule has 0 radical (unpaired) electrons. The number of nitrogens with two attached hydrogens (primary N) is 1. The van der Waals surface area contributed by atoms with Crippen LogP contribution in [0.2, 0.25) is 0 Å². The van der Waals surface area contributed by atoms with E-state index in [1.54, 1.807) is 10.9 Å². The molecule has 0 saturated carbocycles. The quantitative estimate of drug-likeness (QED) is 0.620. The summed E-state index contributed by atoms with van der Waals surface area (Å²) in [7, 11) is 0. The molecule has 0 aliphatic carbocycles. The smallest absolute Gasteiger partial charge is 0.233 e.